The second-order valence-corrected chi connectivity index (χ2v) is 6.49. The predicted molar refractivity (Wildman–Crippen MR) is 80.8 cm³/mol. The Morgan fingerprint density at radius 3 is 2.67 bits per heavy atom. The summed E-state index contributed by atoms with van der Waals surface area (Å²) in [5, 5.41) is 4.09. The van der Waals surface area contributed by atoms with Gasteiger partial charge < -0.3 is 10.5 Å². The molecule has 0 spiro atoms. The first kappa shape index (κ1) is 15.2. The molecule has 1 aromatic heterocycles. The van der Waals surface area contributed by atoms with Gasteiger partial charge in [-0.2, -0.15) is 5.10 Å². The van der Waals surface area contributed by atoms with Crippen molar-refractivity contribution in [2.24, 2.45) is 0 Å². The molecule has 7 nitrogen and oxygen atoms in total. The Kier molecular flexibility index (Phi) is 4.08. The van der Waals surface area contributed by atoms with Crippen LogP contribution >= 0.6 is 0 Å². The molecule has 0 atom stereocenters. The Balaban J connectivity index is 2.29. The van der Waals surface area contributed by atoms with E-state index in [0.717, 1.165) is 0 Å². The van der Waals surface area contributed by atoms with Crippen molar-refractivity contribution in [2.75, 3.05) is 17.6 Å². The minimum absolute atomic E-state index is 0.0749. The minimum atomic E-state index is -3.71. The lowest BCUT2D eigenvalue weighted by Gasteiger charge is -2.09. The number of nitrogens with zero attached hydrogens (tertiary/aromatic N) is 2. The van der Waals surface area contributed by atoms with Crippen LogP contribution < -0.4 is 15.2 Å². The van der Waals surface area contributed by atoms with Gasteiger partial charge in [0, 0.05) is 18.3 Å². The van der Waals surface area contributed by atoms with Crippen LogP contribution in [0.3, 0.4) is 0 Å². The van der Waals surface area contributed by atoms with E-state index in [0.29, 0.717) is 17.1 Å². The third-order valence-electron chi connectivity index (χ3n) is 2.90. The molecular weight excluding hydrogens is 292 g/mol. The predicted octanol–water partition coefficient (Wildman–Crippen LogP) is 1.86. The van der Waals surface area contributed by atoms with E-state index in [2.05, 4.69) is 9.82 Å². The summed E-state index contributed by atoms with van der Waals surface area (Å²) in [7, 11) is -2.28. The first-order valence-electron chi connectivity index (χ1n) is 6.34. The molecule has 1 heterocycles. The fourth-order valence-corrected chi connectivity index (χ4v) is 2.79. The van der Waals surface area contributed by atoms with Gasteiger partial charge in [-0.3, -0.25) is 9.40 Å². The van der Waals surface area contributed by atoms with Crippen molar-refractivity contribution in [1.29, 1.82) is 0 Å². The third-order valence-corrected chi connectivity index (χ3v) is 4.28. The smallest absolute Gasteiger partial charge is 0.262 e. The SMILES string of the molecule is COc1cc(S(=O)(=O)Nc2cnn(C(C)C)c2)ccc1N. The van der Waals surface area contributed by atoms with Crippen LogP contribution in [0, 0.1) is 0 Å². The minimum Gasteiger partial charge on any atom is -0.495 e. The summed E-state index contributed by atoms with van der Waals surface area (Å²) in [6, 6.07) is 4.45. The van der Waals surface area contributed by atoms with Gasteiger partial charge in [0.25, 0.3) is 10.0 Å². The van der Waals surface area contributed by atoms with Crippen LogP contribution in [-0.2, 0) is 10.0 Å². The summed E-state index contributed by atoms with van der Waals surface area (Å²) in [6.45, 7) is 3.91. The van der Waals surface area contributed by atoms with E-state index in [4.69, 9.17) is 10.5 Å². The zero-order chi connectivity index (χ0) is 15.6. The molecular formula is C13H18N4O3S. The van der Waals surface area contributed by atoms with Crippen LogP contribution in [0.15, 0.2) is 35.5 Å². The van der Waals surface area contributed by atoms with Crippen molar-refractivity contribution in [2.45, 2.75) is 24.8 Å². The first-order valence-corrected chi connectivity index (χ1v) is 7.82. The Bertz CT molecular complexity index is 738. The van der Waals surface area contributed by atoms with E-state index in [9.17, 15) is 8.42 Å². The molecule has 0 saturated carbocycles. The van der Waals surface area contributed by atoms with E-state index in [1.807, 2.05) is 13.8 Å². The second kappa shape index (κ2) is 5.65. The van der Waals surface area contributed by atoms with E-state index >= 15 is 0 Å². The molecule has 0 radical (unpaired) electrons. The zero-order valence-corrected chi connectivity index (χ0v) is 12.9. The van der Waals surface area contributed by atoms with Gasteiger partial charge in [-0.05, 0) is 26.0 Å². The summed E-state index contributed by atoms with van der Waals surface area (Å²) in [6.07, 6.45) is 3.10. The molecule has 8 heteroatoms. The molecule has 1 aromatic carbocycles. The molecule has 21 heavy (non-hydrogen) atoms. The van der Waals surface area contributed by atoms with Gasteiger partial charge >= 0.3 is 0 Å². The molecule has 2 aromatic rings. The number of anilines is 2. The van der Waals surface area contributed by atoms with Crippen LogP contribution in [0.2, 0.25) is 0 Å². The highest BCUT2D eigenvalue weighted by Gasteiger charge is 2.17. The monoisotopic (exact) mass is 310 g/mol. The number of rotatable bonds is 5. The van der Waals surface area contributed by atoms with Crippen molar-refractivity contribution in [3.63, 3.8) is 0 Å². The van der Waals surface area contributed by atoms with E-state index < -0.39 is 10.0 Å². The van der Waals surface area contributed by atoms with E-state index in [1.54, 1.807) is 10.9 Å². The number of nitrogens with one attached hydrogen (secondary N) is 1. The normalized spacial score (nSPS) is 11.6. The number of ether oxygens (including phenoxy) is 1. The standard InChI is InChI=1S/C13H18N4O3S/c1-9(2)17-8-10(7-15-17)16-21(18,19)11-4-5-12(14)13(6-11)20-3/h4-9,16H,14H2,1-3H3. The average molecular weight is 310 g/mol. The largest absolute Gasteiger partial charge is 0.495 e. The quantitative estimate of drug-likeness (QED) is 0.821. The van der Waals surface area contributed by atoms with Crippen LogP contribution in [-0.4, -0.2) is 25.3 Å². The average Bonchev–Trinajstić information content (AvgIpc) is 2.87. The molecule has 0 amide bonds. The highest BCUT2D eigenvalue weighted by atomic mass is 32.2. The number of benzene rings is 1. The van der Waals surface area contributed by atoms with Crippen molar-refractivity contribution in [3.05, 3.63) is 30.6 Å². The molecule has 0 unspecified atom stereocenters. The Hall–Kier alpha value is -2.22. The van der Waals surface area contributed by atoms with E-state index in [1.165, 1.54) is 31.5 Å². The summed E-state index contributed by atoms with van der Waals surface area (Å²) in [4.78, 5) is 0.0749. The molecule has 3 N–H and O–H groups in total. The number of hydrogen-bond acceptors (Lipinski definition) is 5. The summed E-state index contributed by atoms with van der Waals surface area (Å²) < 4.78 is 33.8. The van der Waals surface area contributed by atoms with Gasteiger partial charge in [0.2, 0.25) is 0 Å². The van der Waals surface area contributed by atoms with Gasteiger partial charge in [0.05, 0.1) is 29.6 Å². The van der Waals surface area contributed by atoms with Crippen LogP contribution in [0.5, 0.6) is 5.75 Å². The molecule has 0 saturated heterocycles. The maximum Gasteiger partial charge on any atom is 0.262 e. The van der Waals surface area contributed by atoms with Crippen LogP contribution in [0.1, 0.15) is 19.9 Å². The number of nitrogens with two attached hydrogens (primary N) is 1. The van der Waals surface area contributed by atoms with E-state index in [-0.39, 0.29) is 10.9 Å². The molecule has 2 rings (SSSR count). The lowest BCUT2D eigenvalue weighted by atomic mass is 10.3. The van der Waals surface area contributed by atoms with Crippen LogP contribution in [0.4, 0.5) is 11.4 Å². The summed E-state index contributed by atoms with van der Waals surface area (Å²) in [5.74, 6) is 0.316. The third kappa shape index (κ3) is 3.27. The van der Waals surface area contributed by atoms with Gasteiger partial charge in [-0.1, -0.05) is 0 Å². The maximum atomic E-state index is 12.3. The van der Waals surface area contributed by atoms with Gasteiger partial charge in [0.15, 0.2) is 0 Å². The number of sulfonamides is 1. The number of nitrogen functional groups attached to an aromatic ring is 1. The van der Waals surface area contributed by atoms with Crippen molar-refractivity contribution < 1.29 is 13.2 Å². The lowest BCUT2D eigenvalue weighted by Crippen LogP contribution is -2.13. The number of hydrogen-bond donors (Lipinski definition) is 2. The lowest BCUT2D eigenvalue weighted by molar-refractivity contribution is 0.415. The first-order chi connectivity index (χ1) is 9.83. The topological polar surface area (TPSA) is 99.2 Å². The number of aromatic nitrogens is 2. The molecule has 114 valence electrons. The van der Waals surface area contributed by atoms with Crippen molar-refractivity contribution >= 4 is 21.4 Å². The Labute approximate surface area is 123 Å². The number of methoxy groups -OCH3 is 1. The molecule has 0 fully saturated rings. The summed E-state index contributed by atoms with van der Waals surface area (Å²) >= 11 is 0. The van der Waals surface area contributed by atoms with Crippen LogP contribution in [0.25, 0.3) is 0 Å². The zero-order valence-electron chi connectivity index (χ0n) is 12.1. The maximum absolute atomic E-state index is 12.3. The Morgan fingerprint density at radius 1 is 1.38 bits per heavy atom. The van der Waals surface area contributed by atoms with Gasteiger partial charge in [-0.15, -0.1) is 0 Å². The molecule has 0 aliphatic carbocycles. The second-order valence-electron chi connectivity index (χ2n) is 4.81. The highest BCUT2D eigenvalue weighted by molar-refractivity contribution is 7.92. The fourth-order valence-electron chi connectivity index (χ4n) is 1.75. The summed E-state index contributed by atoms with van der Waals surface area (Å²) in [5.41, 5.74) is 6.46. The van der Waals surface area contributed by atoms with Gasteiger partial charge in [0.1, 0.15) is 5.75 Å². The molecule has 0 bridgehead atoms. The van der Waals surface area contributed by atoms with Gasteiger partial charge in [-0.25, -0.2) is 8.42 Å². The highest BCUT2D eigenvalue weighted by Crippen LogP contribution is 2.26. The molecule has 0 aliphatic rings. The Morgan fingerprint density at radius 2 is 2.10 bits per heavy atom. The fraction of sp³-hybridized carbons (Fsp3) is 0.308. The van der Waals surface area contributed by atoms with Crippen molar-refractivity contribution in [1.82, 2.24) is 9.78 Å². The van der Waals surface area contributed by atoms with Crippen molar-refractivity contribution in [3.8, 4) is 5.75 Å². The molecule has 0 aliphatic heterocycles.